The Morgan fingerprint density at radius 1 is 1.53 bits per heavy atom. The Morgan fingerprint density at radius 2 is 2.24 bits per heavy atom. The zero-order valence-electron chi connectivity index (χ0n) is 9.87. The van der Waals surface area contributed by atoms with Crippen LogP contribution in [0.2, 0.25) is 0 Å². The Hall–Kier alpha value is -0.980. The number of aromatic nitrogens is 1. The maximum Gasteiger partial charge on any atom is 0.251 e. The zero-order valence-corrected chi connectivity index (χ0v) is 10.7. The van der Waals surface area contributed by atoms with Crippen LogP contribution in [0.3, 0.4) is 0 Å². The highest BCUT2D eigenvalue weighted by Gasteiger charge is 2.23. The molecule has 2 heterocycles. The van der Waals surface area contributed by atoms with Crippen molar-refractivity contribution >= 4 is 17.2 Å². The number of aliphatic hydroxyl groups is 1. The van der Waals surface area contributed by atoms with Crippen LogP contribution >= 0.6 is 11.3 Å². The monoisotopic (exact) mass is 255 g/mol. The summed E-state index contributed by atoms with van der Waals surface area (Å²) in [6.07, 6.45) is 0.924. The largest absolute Gasteiger partial charge is 0.384 e. The Balaban J connectivity index is 1.80. The van der Waals surface area contributed by atoms with Crippen LogP contribution < -0.4 is 0 Å². The maximum atomic E-state index is 11.6. The summed E-state index contributed by atoms with van der Waals surface area (Å²) in [6.45, 7) is 5.44. The summed E-state index contributed by atoms with van der Waals surface area (Å²) in [5.41, 5.74) is 0. The first-order valence-corrected chi connectivity index (χ1v) is 6.62. The van der Waals surface area contributed by atoms with Crippen molar-refractivity contribution in [3.8, 4) is 0 Å². The van der Waals surface area contributed by atoms with Crippen molar-refractivity contribution in [3.63, 3.8) is 0 Å². The fraction of sp³-hybridized carbons (Fsp3) is 0.636. The van der Waals surface area contributed by atoms with Gasteiger partial charge >= 0.3 is 0 Å². The highest BCUT2D eigenvalue weighted by atomic mass is 32.1. The van der Waals surface area contributed by atoms with Gasteiger partial charge in [-0.2, -0.15) is 0 Å². The van der Waals surface area contributed by atoms with Gasteiger partial charge in [0.2, 0.25) is 0 Å². The molecular formula is C11H17N3O2S. The SMILES string of the molecule is CC(O)C(=O)N1CCN(Cc2nccs2)CC1. The van der Waals surface area contributed by atoms with Crippen LogP contribution in [0.5, 0.6) is 0 Å². The highest BCUT2D eigenvalue weighted by molar-refractivity contribution is 7.09. The van der Waals surface area contributed by atoms with Crippen molar-refractivity contribution in [1.82, 2.24) is 14.8 Å². The van der Waals surface area contributed by atoms with E-state index in [2.05, 4.69) is 9.88 Å². The van der Waals surface area contributed by atoms with Gasteiger partial charge in [-0.3, -0.25) is 9.69 Å². The number of piperazine rings is 1. The summed E-state index contributed by atoms with van der Waals surface area (Å²) in [7, 11) is 0. The predicted octanol–water partition coefficient (Wildman–Crippen LogP) is 0.168. The van der Waals surface area contributed by atoms with Gasteiger partial charge in [0.05, 0.1) is 6.54 Å². The molecule has 1 saturated heterocycles. The van der Waals surface area contributed by atoms with E-state index >= 15 is 0 Å². The van der Waals surface area contributed by atoms with E-state index in [1.807, 2.05) is 11.6 Å². The molecule has 1 aliphatic heterocycles. The quantitative estimate of drug-likeness (QED) is 0.836. The number of hydrogen-bond donors (Lipinski definition) is 1. The van der Waals surface area contributed by atoms with E-state index in [1.54, 1.807) is 16.2 Å². The van der Waals surface area contributed by atoms with Crippen LogP contribution in [0.1, 0.15) is 11.9 Å². The first-order valence-electron chi connectivity index (χ1n) is 5.74. The molecule has 1 fully saturated rings. The molecule has 1 amide bonds. The maximum absolute atomic E-state index is 11.6. The molecule has 1 aromatic rings. The number of thiazole rings is 1. The molecule has 0 saturated carbocycles. The van der Waals surface area contributed by atoms with Gasteiger partial charge in [0.1, 0.15) is 11.1 Å². The van der Waals surface area contributed by atoms with Crippen LogP contribution in [0.4, 0.5) is 0 Å². The fourth-order valence-corrected chi connectivity index (χ4v) is 2.57. The van der Waals surface area contributed by atoms with Gasteiger partial charge in [0.25, 0.3) is 5.91 Å². The molecule has 0 radical (unpaired) electrons. The second-order valence-corrected chi connectivity index (χ2v) is 5.18. The molecule has 0 aliphatic carbocycles. The molecule has 17 heavy (non-hydrogen) atoms. The molecule has 0 aromatic carbocycles. The minimum absolute atomic E-state index is 0.168. The van der Waals surface area contributed by atoms with Gasteiger partial charge in [0.15, 0.2) is 0 Å². The molecule has 1 atom stereocenters. The van der Waals surface area contributed by atoms with Crippen molar-refractivity contribution in [3.05, 3.63) is 16.6 Å². The number of nitrogens with zero attached hydrogens (tertiary/aromatic N) is 3. The number of carbonyl (C=O) groups is 1. The van der Waals surface area contributed by atoms with E-state index in [0.29, 0.717) is 13.1 Å². The third-order valence-electron chi connectivity index (χ3n) is 2.88. The third kappa shape index (κ3) is 3.24. The normalized spacial score (nSPS) is 19.3. The molecule has 2 rings (SSSR count). The van der Waals surface area contributed by atoms with Crippen molar-refractivity contribution in [2.45, 2.75) is 19.6 Å². The van der Waals surface area contributed by atoms with E-state index in [-0.39, 0.29) is 5.91 Å². The molecule has 6 heteroatoms. The van der Waals surface area contributed by atoms with Gasteiger partial charge in [-0.25, -0.2) is 4.98 Å². The van der Waals surface area contributed by atoms with Gasteiger partial charge < -0.3 is 10.0 Å². The Kier molecular flexibility index (Phi) is 4.09. The average Bonchev–Trinajstić information content (AvgIpc) is 2.82. The van der Waals surface area contributed by atoms with E-state index in [4.69, 9.17) is 0 Å². The lowest BCUT2D eigenvalue weighted by Crippen LogP contribution is -2.50. The summed E-state index contributed by atoms with van der Waals surface area (Å²) in [6, 6.07) is 0. The number of aliphatic hydroxyl groups excluding tert-OH is 1. The molecule has 1 N–H and O–H groups in total. The summed E-state index contributed by atoms with van der Waals surface area (Å²) >= 11 is 1.66. The molecule has 0 bridgehead atoms. The Labute approximate surface area is 105 Å². The molecule has 5 nitrogen and oxygen atoms in total. The first kappa shape index (κ1) is 12.5. The van der Waals surface area contributed by atoms with Crippen LogP contribution in [0.15, 0.2) is 11.6 Å². The van der Waals surface area contributed by atoms with Crippen molar-refractivity contribution in [2.75, 3.05) is 26.2 Å². The molecular weight excluding hydrogens is 238 g/mol. The number of hydrogen-bond acceptors (Lipinski definition) is 5. The van der Waals surface area contributed by atoms with E-state index in [1.165, 1.54) is 6.92 Å². The molecule has 94 valence electrons. The lowest BCUT2D eigenvalue weighted by atomic mass is 10.2. The van der Waals surface area contributed by atoms with E-state index in [0.717, 1.165) is 24.6 Å². The Bertz CT molecular complexity index is 359. The van der Waals surface area contributed by atoms with Crippen LogP contribution in [0.25, 0.3) is 0 Å². The summed E-state index contributed by atoms with van der Waals surface area (Å²) < 4.78 is 0. The van der Waals surface area contributed by atoms with Crippen LogP contribution in [-0.4, -0.2) is 58.1 Å². The predicted molar refractivity (Wildman–Crippen MR) is 65.7 cm³/mol. The van der Waals surface area contributed by atoms with Gasteiger partial charge in [0, 0.05) is 37.8 Å². The molecule has 0 spiro atoms. The number of amides is 1. The van der Waals surface area contributed by atoms with Crippen molar-refractivity contribution in [1.29, 1.82) is 0 Å². The third-order valence-corrected chi connectivity index (χ3v) is 3.65. The summed E-state index contributed by atoms with van der Waals surface area (Å²) in [5.74, 6) is -0.168. The average molecular weight is 255 g/mol. The number of rotatable bonds is 3. The lowest BCUT2D eigenvalue weighted by Gasteiger charge is -2.34. The Morgan fingerprint density at radius 3 is 2.76 bits per heavy atom. The summed E-state index contributed by atoms with van der Waals surface area (Å²) in [5, 5.41) is 12.3. The fourth-order valence-electron chi connectivity index (χ4n) is 1.91. The molecule has 1 aliphatic rings. The van der Waals surface area contributed by atoms with Gasteiger partial charge in [-0.1, -0.05) is 0 Å². The first-order chi connectivity index (χ1) is 8.16. The second-order valence-electron chi connectivity index (χ2n) is 4.20. The number of carbonyl (C=O) groups excluding carboxylic acids is 1. The van der Waals surface area contributed by atoms with Gasteiger partial charge in [-0.05, 0) is 6.92 Å². The second kappa shape index (κ2) is 5.57. The topological polar surface area (TPSA) is 56.7 Å². The molecule has 1 unspecified atom stereocenters. The van der Waals surface area contributed by atoms with Crippen LogP contribution in [-0.2, 0) is 11.3 Å². The smallest absolute Gasteiger partial charge is 0.251 e. The van der Waals surface area contributed by atoms with E-state index < -0.39 is 6.10 Å². The molecule has 1 aromatic heterocycles. The highest BCUT2D eigenvalue weighted by Crippen LogP contribution is 2.11. The van der Waals surface area contributed by atoms with Crippen molar-refractivity contribution in [2.24, 2.45) is 0 Å². The van der Waals surface area contributed by atoms with Crippen molar-refractivity contribution < 1.29 is 9.90 Å². The zero-order chi connectivity index (χ0) is 12.3. The lowest BCUT2D eigenvalue weighted by molar-refractivity contribution is -0.141. The summed E-state index contributed by atoms with van der Waals surface area (Å²) in [4.78, 5) is 19.8. The minimum Gasteiger partial charge on any atom is -0.384 e. The minimum atomic E-state index is -0.888. The van der Waals surface area contributed by atoms with Crippen LogP contribution in [0, 0.1) is 0 Å². The standard InChI is InChI=1S/C11H17N3O2S/c1-9(15)11(16)14-5-3-13(4-6-14)8-10-12-2-7-17-10/h2,7,9,15H,3-6,8H2,1H3. The van der Waals surface area contributed by atoms with Gasteiger partial charge in [-0.15, -0.1) is 11.3 Å². The van der Waals surface area contributed by atoms with E-state index in [9.17, 15) is 9.90 Å².